The maximum absolute atomic E-state index is 4.28. The van der Waals surface area contributed by atoms with Crippen LogP contribution in [-0.2, 0) is 6.54 Å². The van der Waals surface area contributed by atoms with Gasteiger partial charge in [-0.25, -0.2) is 4.98 Å². The summed E-state index contributed by atoms with van der Waals surface area (Å²) in [6, 6.07) is 0.703. The van der Waals surface area contributed by atoms with Gasteiger partial charge in [0.2, 0.25) is 0 Å². The van der Waals surface area contributed by atoms with Gasteiger partial charge in [-0.1, -0.05) is 13.8 Å². The molecule has 1 aliphatic rings. The third kappa shape index (κ3) is 2.15. The summed E-state index contributed by atoms with van der Waals surface area (Å²) in [6.45, 7) is 5.66. The van der Waals surface area contributed by atoms with Gasteiger partial charge in [-0.3, -0.25) is 0 Å². The molecule has 78 valence electrons. The number of aromatic nitrogens is 1. The molecule has 0 saturated heterocycles. The molecule has 1 aromatic heterocycles. The summed E-state index contributed by atoms with van der Waals surface area (Å²) in [5, 5.41) is 6.86. The molecular weight excluding hydrogens is 192 g/mol. The van der Waals surface area contributed by atoms with Crippen molar-refractivity contribution in [3.8, 4) is 0 Å². The SMILES string of the molecule is CC1CCC(NCc2nccs2)C1C. The maximum atomic E-state index is 4.28. The summed E-state index contributed by atoms with van der Waals surface area (Å²) in [6.07, 6.45) is 4.58. The number of hydrogen-bond donors (Lipinski definition) is 1. The van der Waals surface area contributed by atoms with Crippen LogP contribution in [0.1, 0.15) is 31.7 Å². The molecule has 3 atom stereocenters. The quantitative estimate of drug-likeness (QED) is 0.829. The van der Waals surface area contributed by atoms with Gasteiger partial charge in [0.25, 0.3) is 0 Å². The fourth-order valence-corrected chi connectivity index (χ4v) is 2.78. The Bertz CT molecular complexity index is 271. The Labute approximate surface area is 89.8 Å². The lowest BCUT2D eigenvalue weighted by Crippen LogP contribution is -2.31. The summed E-state index contributed by atoms with van der Waals surface area (Å²) in [4.78, 5) is 4.28. The topological polar surface area (TPSA) is 24.9 Å². The smallest absolute Gasteiger partial charge is 0.106 e. The van der Waals surface area contributed by atoms with Crippen molar-refractivity contribution < 1.29 is 0 Å². The second kappa shape index (κ2) is 4.41. The fraction of sp³-hybridized carbons (Fsp3) is 0.727. The van der Waals surface area contributed by atoms with E-state index in [0.717, 1.165) is 18.4 Å². The van der Waals surface area contributed by atoms with Gasteiger partial charge < -0.3 is 5.32 Å². The summed E-state index contributed by atoms with van der Waals surface area (Å²) >= 11 is 1.73. The van der Waals surface area contributed by atoms with Crippen molar-refractivity contribution in [1.29, 1.82) is 0 Å². The zero-order valence-electron chi connectivity index (χ0n) is 8.86. The van der Waals surface area contributed by atoms with Crippen molar-refractivity contribution >= 4 is 11.3 Å². The zero-order chi connectivity index (χ0) is 9.97. The lowest BCUT2D eigenvalue weighted by Gasteiger charge is -2.18. The summed E-state index contributed by atoms with van der Waals surface area (Å²) < 4.78 is 0. The van der Waals surface area contributed by atoms with Crippen molar-refractivity contribution in [1.82, 2.24) is 10.3 Å². The van der Waals surface area contributed by atoms with Crippen molar-refractivity contribution in [2.24, 2.45) is 11.8 Å². The van der Waals surface area contributed by atoms with Gasteiger partial charge in [0.1, 0.15) is 5.01 Å². The lowest BCUT2D eigenvalue weighted by atomic mass is 9.98. The molecule has 0 bridgehead atoms. The molecule has 0 spiro atoms. The van der Waals surface area contributed by atoms with E-state index in [4.69, 9.17) is 0 Å². The van der Waals surface area contributed by atoms with E-state index in [1.54, 1.807) is 11.3 Å². The zero-order valence-corrected chi connectivity index (χ0v) is 9.68. The van der Waals surface area contributed by atoms with Crippen molar-refractivity contribution in [2.75, 3.05) is 0 Å². The van der Waals surface area contributed by atoms with Gasteiger partial charge in [0.05, 0.1) is 0 Å². The first-order valence-electron chi connectivity index (χ1n) is 5.39. The molecule has 1 aliphatic carbocycles. The molecule has 0 aromatic carbocycles. The molecule has 3 unspecified atom stereocenters. The molecule has 3 heteroatoms. The van der Waals surface area contributed by atoms with Crippen molar-refractivity contribution in [3.05, 3.63) is 16.6 Å². The van der Waals surface area contributed by atoms with Crippen LogP contribution in [0.5, 0.6) is 0 Å². The van der Waals surface area contributed by atoms with E-state index >= 15 is 0 Å². The van der Waals surface area contributed by atoms with Gasteiger partial charge in [-0.05, 0) is 24.7 Å². The van der Waals surface area contributed by atoms with Crippen LogP contribution < -0.4 is 5.32 Å². The Morgan fingerprint density at radius 2 is 2.36 bits per heavy atom. The number of nitrogens with zero attached hydrogens (tertiary/aromatic N) is 1. The third-order valence-electron chi connectivity index (χ3n) is 3.46. The Kier molecular flexibility index (Phi) is 3.19. The Morgan fingerprint density at radius 1 is 1.50 bits per heavy atom. The Morgan fingerprint density at radius 3 is 2.93 bits per heavy atom. The largest absolute Gasteiger partial charge is 0.307 e. The first kappa shape index (κ1) is 10.1. The second-order valence-electron chi connectivity index (χ2n) is 4.33. The normalized spacial score (nSPS) is 32.3. The van der Waals surface area contributed by atoms with E-state index in [0.29, 0.717) is 6.04 Å². The highest BCUT2D eigenvalue weighted by Gasteiger charge is 2.29. The van der Waals surface area contributed by atoms with Crippen LogP contribution in [0.15, 0.2) is 11.6 Å². The van der Waals surface area contributed by atoms with E-state index in [1.165, 1.54) is 17.8 Å². The second-order valence-corrected chi connectivity index (χ2v) is 5.31. The highest BCUT2D eigenvalue weighted by Crippen LogP contribution is 2.31. The maximum Gasteiger partial charge on any atom is 0.106 e. The highest BCUT2D eigenvalue weighted by atomic mass is 32.1. The van der Waals surface area contributed by atoms with Crippen LogP contribution in [0.2, 0.25) is 0 Å². The van der Waals surface area contributed by atoms with Gasteiger partial charge >= 0.3 is 0 Å². The Hall–Kier alpha value is -0.410. The van der Waals surface area contributed by atoms with E-state index in [9.17, 15) is 0 Å². The lowest BCUT2D eigenvalue weighted by molar-refractivity contribution is 0.369. The van der Waals surface area contributed by atoms with Gasteiger partial charge in [-0.2, -0.15) is 0 Å². The molecule has 2 nitrogen and oxygen atoms in total. The molecule has 1 fully saturated rings. The molecule has 0 radical (unpaired) electrons. The van der Waals surface area contributed by atoms with E-state index < -0.39 is 0 Å². The van der Waals surface area contributed by atoms with Crippen molar-refractivity contribution in [3.63, 3.8) is 0 Å². The molecule has 14 heavy (non-hydrogen) atoms. The molecular formula is C11H18N2S. The predicted octanol–water partition coefficient (Wildman–Crippen LogP) is 2.67. The van der Waals surface area contributed by atoms with Crippen LogP contribution in [0.3, 0.4) is 0 Å². The average Bonchev–Trinajstić information content (AvgIpc) is 2.77. The van der Waals surface area contributed by atoms with Crippen LogP contribution in [0, 0.1) is 11.8 Å². The van der Waals surface area contributed by atoms with E-state index in [1.807, 2.05) is 11.6 Å². The van der Waals surface area contributed by atoms with Crippen LogP contribution in [-0.4, -0.2) is 11.0 Å². The molecule has 1 N–H and O–H groups in total. The van der Waals surface area contributed by atoms with Crippen LogP contribution >= 0.6 is 11.3 Å². The van der Waals surface area contributed by atoms with Gasteiger partial charge in [0, 0.05) is 24.2 Å². The third-order valence-corrected chi connectivity index (χ3v) is 4.24. The standard InChI is InChI=1S/C11H18N2S/c1-8-3-4-10(9(8)2)13-7-11-12-5-6-14-11/h5-6,8-10,13H,3-4,7H2,1-2H3. The molecule has 1 saturated carbocycles. The first-order valence-corrected chi connectivity index (χ1v) is 6.27. The van der Waals surface area contributed by atoms with Crippen molar-refractivity contribution in [2.45, 2.75) is 39.3 Å². The Balaban J connectivity index is 1.81. The minimum absolute atomic E-state index is 0.703. The highest BCUT2D eigenvalue weighted by molar-refractivity contribution is 7.09. The summed E-state index contributed by atoms with van der Waals surface area (Å²) in [5.41, 5.74) is 0. The molecule has 1 aromatic rings. The number of thiazole rings is 1. The summed E-state index contributed by atoms with van der Waals surface area (Å²) in [5.74, 6) is 1.69. The predicted molar refractivity (Wildman–Crippen MR) is 60.3 cm³/mol. The number of nitrogens with one attached hydrogen (secondary N) is 1. The number of hydrogen-bond acceptors (Lipinski definition) is 3. The van der Waals surface area contributed by atoms with E-state index in [2.05, 4.69) is 24.1 Å². The summed E-state index contributed by atoms with van der Waals surface area (Å²) in [7, 11) is 0. The van der Waals surface area contributed by atoms with Crippen LogP contribution in [0.25, 0.3) is 0 Å². The minimum Gasteiger partial charge on any atom is -0.307 e. The van der Waals surface area contributed by atoms with Gasteiger partial charge in [0.15, 0.2) is 0 Å². The molecule has 1 heterocycles. The van der Waals surface area contributed by atoms with Crippen LogP contribution in [0.4, 0.5) is 0 Å². The first-order chi connectivity index (χ1) is 6.77. The molecule has 0 amide bonds. The number of rotatable bonds is 3. The van der Waals surface area contributed by atoms with E-state index in [-0.39, 0.29) is 0 Å². The molecule has 0 aliphatic heterocycles. The monoisotopic (exact) mass is 210 g/mol. The minimum atomic E-state index is 0.703. The van der Waals surface area contributed by atoms with Gasteiger partial charge in [-0.15, -0.1) is 11.3 Å². The fourth-order valence-electron chi connectivity index (χ4n) is 2.21. The average molecular weight is 210 g/mol. The molecule has 2 rings (SSSR count).